The fourth-order valence-corrected chi connectivity index (χ4v) is 3.83. The molecule has 1 aliphatic rings. The Balaban J connectivity index is 0.00000338. The smallest absolute Gasteiger partial charge is 0.269 e. The van der Waals surface area contributed by atoms with Crippen molar-refractivity contribution in [2.45, 2.75) is 17.7 Å². The van der Waals surface area contributed by atoms with Crippen molar-refractivity contribution in [2.75, 3.05) is 33.2 Å². The van der Waals surface area contributed by atoms with Crippen LogP contribution in [0.25, 0.3) is 0 Å². The molecule has 0 spiro atoms. The summed E-state index contributed by atoms with van der Waals surface area (Å²) in [6.07, 6.45) is 1.03. The molecule has 1 atom stereocenters. The number of amides is 1. The van der Waals surface area contributed by atoms with Crippen LogP contribution in [0.15, 0.2) is 29.2 Å². The summed E-state index contributed by atoms with van der Waals surface area (Å²) in [6, 6.07) is 4.61. The Labute approximate surface area is 158 Å². The first-order valence-corrected chi connectivity index (χ1v) is 9.48. The molecule has 0 saturated carbocycles. The summed E-state index contributed by atoms with van der Waals surface area (Å²) < 4.78 is 26.6. The van der Waals surface area contributed by atoms with E-state index in [-0.39, 0.29) is 41.9 Å². The van der Waals surface area contributed by atoms with Crippen molar-refractivity contribution < 1.29 is 18.1 Å². The number of nitro groups is 1. The van der Waals surface area contributed by atoms with Crippen molar-refractivity contribution in [3.8, 4) is 0 Å². The third kappa shape index (κ3) is 5.90. The predicted octanol–water partition coefficient (Wildman–Crippen LogP) is 0.753. The zero-order chi connectivity index (χ0) is 18.4. The van der Waals surface area contributed by atoms with Gasteiger partial charge in [-0.1, -0.05) is 0 Å². The molecule has 2 N–H and O–H groups in total. The molecule has 1 amide bonds. The van der Waals surface area contributed by atoms with Gasteiger partial charge in [0.25, 0.3) is 5.69 Å². The number of hydrogen-bond donors (Lipinski definition) is 2. The monoisotopic (exact) mass is 406 g/mol. The number of nitro benzene ring substituents is 1. The van der Waals surface area contributed by atoms with Gasteiger partial charge >= 0.3 is 0 Å². The number of carbonyl (C=O) groups is 1. The third-order valence-electron chi connectivity index (χ3n) is 4.12. The van der Waals surface area contributed by atoms with Gasteiger partial charge in [-0.25, -0.2) is 13.1 Å². The van der Waals surface area contributed by atoms with Crippen LogP contribution in [0.4, 0.5) is 5.69 Å². The minimum Gasteiger partial charge on any atom is -0.342 e. The molecule has 1 saturated heterocycles. The van der Waals surface area contributed by atoms with Crippen LogP contribution in [-0.2, 0) is 14.8 Å². The van der Waals surface area contributed by atoms with Crippen LogP contribution < -0.4 is 10.0 Å². The Morgan fingerprint density at radius 3 is 2.58 bits per heavy atom. The first kappa shape index (κ1) is 22.3. The number of hydrogen-bond acceptors (Lipinski definition) is 6. The van der Waals surface area contributed by atoms with Crippen molar-refractivity contribution in [2.24, 2.45) is 5.92 Å². The second-order valence-corrected chi connectivity index (χ2v) is 7.72. The highest BCUT2D eigenvalue weighted by Gasteiger charge is 2.25. The fraction of sp³-hybridized carbons (Fsp3) is 0.533. The number of non-ortho nitro benzene ring substituents is 1. The van der Waals surface area contributed by atoms with Gasteiger partial charge in [-0.3, -0.25) is 14.9 Å². The second-order valence-electron chi connectivity index (χ2n) is 5.95. The maximum atomic E-state index is 12.1. The van der Waals surface area contributed by atoms with Gasteiger partial charge < -0.3 is 10.2 Å². The Hall–Kier alpha value is -1.75. The lowest BCUT2D eigenvalue weighted by Crippen LogP contribution is -2.34. The number of nitrogens with zero attached hydrogens (tertiary/aromatic N) is 2. The van der Waals surface area contributed by atoms with Gasteiger partial charge in [0, 0.05) is 38.2 Å². The van der Waals surface area contributed by atoms with Crippen molar-refractivity contribution in [1.82, 2.24) is 14.9 Å². The van der Waals surface area contributed by atoms with Crippen molar-refractivity contribution in [1.29, 1.82) is 0 Å². The molecular weight excluding hydrogens is 384 g/mol. The van der Waals surface area contributed by atoms with Gasteiger partial charge in [0.2, 0.25) is 15.9 Å². The van der Waals surface area contributed by atoms with Gasteiger partial charge in [-0.2, -0.15) is 0 Å². The van der Waals surface area contributed by atoms with E-state index in [1.165, 1.54) is 12.1 Å². The molecule has 1 unspecified atom stereocenters. The van der Waals surface area contributed by atoms with Crippen LogP contribution >= 0.6 is 12.4 Å². The summed E-state index contributed by atoms with van der Waals surface area (Å²) in [5, 5.41) is 13.7. The van der Waals surface area contributed by atoms with E-state index in [4.69, 9.17) is 0 Å². The number of carbonyl (C=O) groups excluding carboxylic acids is 1. The number of halogens is 1. The van der Waals surface area contributed by atoms with Crippen LogP contribution in [0.2, 0.25) is 0 Å². The van der Waals surface area contributed by atoms with Crippen LogP contribution in [-0.4, -0.2) is 57.4 Å². The predicted molar refractivity (Wildman–Crippen MR) is 98.8 cm³/mol. The number of benzene rings is 1. The number of likely N-dealkylation sites (tertiary alicyclic amines) is 1. The summed E-state index contributed by atoms with van der Waals surface area (Å²) >= 11 is 0. The molecule has 11 heteroatoms. The lowest BCUT2D eigenvalue weighted by Gasteiger charge is -2.16. The van der Waals surface area contributed by atoms with E-state index < -0.39 is 14.9 Å². The standard InChI is InChI=1S/C15H22N4O5S.ClH/c1-16-10-12-7-9-18(11-12)15(20)6-8-17-25(23,24)14-4-2-13(3-5-14)19(21)22;/h2-5,12,16-17H,6-11H2,1H3;1H. The molecule has 1 heterocycles. The molecule has 0 aromatic heterocycles. The van der Waals surface area contributed by atoms with Gasteiger partial charge in [0.1, 0.15) is 0 Å². The Bertz CT molecular complexity index is 726. The molecule has 146 valence electrons. The SMILES string of the molecule is CNCC1CCN(C(=O)CCNS(=O)(=O)c2ccc([N+](=O)[O-])cc2)C1.Cl. The average Bonchev–Trinajstić information content (AvgIpc) is 3.04. The fourth-order valence-electron chi connectivity index (χ4n) is 2.80. The van der Waals surface area contributed by atoms with Crippen LogP contribution in [0.3, 0.4) is 0 Å². The highest BCUT2D eigenvalue weighted by molar-refractivity contribution is 7.89. The van der Waals surface area contributed by atoms with Crippen LogP contribution in [0.5, 0.6) is 0 Å². The zero-order valence-electron chi connectivity index (χ0n) is 14.4. The topological polar surface area (TPSA) is 122 Å². The van der Waals surface area contributed by atoms with E-state index in [9.17, 15) is 23.3 Å². The molecular formula is C15H23ClN4O5S. The van der Waals surface area contributed by atoms with E-state index in [1.807, 2.05) is 7.05 Å². The van der Waals surface area contributed by atoms with Crippen LogP contribution in [0.1, 0.15) is 12.8 Å². The van der Waals surface area contributed by atoms with Gasteiger partial charge in [-0.15, -0.1) is 12.4 Å². The maximum absolute atomic E-state index is 12.1. The normalized spacial score (nSPS) is 17.0. The van der Waals surface area contributed by atoms with E-state index in [2.05, 4.69) is 10.0 Å². The second kappa shape index (κ2) is 9.81. The van der Waals surface area contributed by atoms with Crippen LogP contribution in [0, 0.1) is 16.0 Å². The number of sulfonamides is 1. The minimum absolute atomic E-state index is 0. The Morgan fingerprint density at radius 1 is 1.35 bits per heavy atom. The van der Waals surface area contributed by atoms with Crippen molar-refractivity contribution >= 4 is 34.0 Å². The molecule has 0 aliphatic carbocycles. The highest BCUT2D eigenvalue weighted by atomic mass is 35.5. The van der Waals surface area contributed by atoms with E-state index in [0.717, 1.165) is 25.1 Å². The zero-order valence-corrected chi connectivity index (χ0v) is 16.0. The summed E-state index contributed by atoms with van der Waals surface area (Å²) in [6.45, 7) is 2.23. The first-order chi connectivity index (χ1) is 11.8. The van der Waals surface area contributed by atoms with Gasteiger partial charge in [0.15, 0.2) is 0 Å². The minimum atomic E-state index is -3.79. The molecule has 0 bridgehead atoms. The maximum Gasteiger partial charge on any atom is 0.269 e. The molecule has 26 heavy (non-hydrogen) atoms. The largest absolute Gasteiger partial charge is 0.342 e. The third-order valence-corrected chi connectivity index (χ3v) is 5.60. The van der Waals surface area contributed by atoms with Gasteiger partial charge in [-0.05, 0) is 38.1 Å². The summed E-state index contributed by atoms with van der Waals surface area (Å²) in [4.78, 5) is 23.8. The quantitative estimate of drug-likeness (QED) is 0.485. The lowest BCUT2D eigenvalue weighted by atomic mass is 10.1. The van der Waals surface area contributed by atoms with Gasteiger partial charge in [0.05, 0.1) is 9.82 Å². The Kier molecular flexibility index (Phi) is 8.41. The van der Waals surface area contributed by atoms with Crippen molar-refractivity contribution in [3.63, 3.8) is 0 Å². The van der Waals surface area contributed by atoms with E-state index >= 15 is 0 Å². The molecule has 1 aliphatic heterocycles. The summed E-state index contributed by atoms with van der Waals surface area (Å²) in [5.41, 5.74) is -0.181. The summed E-state index contributed by atoms with van der Waals surface area (Å²) in [5.74, 6) is 0.357. The highest BCUT2D eigenvalue weighted by Crippen LogP contribution is 2.17. The molecule has 1 aromatic carbocycles. The molecule has 2 rings (SSSR count). The average molecular weight is 407 g/mol. The molecule has 1 aromatic rings. The lowest BCUT2D eigenvalue weighted by molar-refractivity contribution is -0.384. The Morgan fingerprint density at radius 2 is 2.00 bits per heavy atom. The van der Waals surface area contributed by atoms with E-state index in [1.54, 1.807) is 4.90 Å². The molecule has 1 fully saturated rings. The first-order valence-electron chi connectivity index (χ1n) is 8.00. The molecule has 9 nitrogen and oxygen atoms in total. The van der Waals surface area contributed by atoms with E-state index in [0.29, 0.717) is 19.0 Å². The molecule has 0 radical (unpaired) electrons. The van der Waals surface area contributed by atoms with Crippen molar-refractivity contribution in [3.05, 3.63) is 34.4 Å². The number of nitrogens with one attached hydrogen (secondary N) is 2. The summed E-state index contributed by atoms with van der Waals surface area (Å²) in [7, 11) is -1.92. The number of rotatable bonds is 8.